The summed E-state index contributed by atoms with van der Waals surface area (Å²) in [5, 5.41) is 3.67. The van der Waals surface area contributed by atoms with Crippen LogP contribution in [0.25, 0.3) is 21.9 Å². The molecule has 8 nitrogen and oxygen atoms in total. The fourth-order valence-electron chi connectivity index (χ4n) is 3.58. The van der Waals surface area contributed by atoms with Gasteiger partial charge in [0.2, 0.25) is 5.91 Å². The Labute approximate surface area is 178 Å². The normalized spacial score (nSPS) is 11.0. The molecule has 160 valence electrons. The van der Waals surface area contributed by atoms with Gasteiger partial charge in [0.1, 0.15) is 11.0 Å². The molecule has 2 N–H and O–H groups in total. The van der Waals surface area contributed by atoms with Gasteiger partial charge in [-0.25, -0.2) is 4.98 Å². The van der Waals surface area contributed by atoms with Gasteiger partial charge >= 0.3 is 0 Å². The van der Waals surface area contributed by atoms with Gasteiger partial charge < -0.3 is 19.8 Å². The summed E-state index contributed by atoms with van der Waals surface area (Å²) in [7, 11) is 3.12. The lowest BCUT2D eigenvalue weighted by atomic mass is 10.1. The third-order valence-electron chi connectivity index (χ3n) is 5.23. The zero-order valence-corrected chi connectivity index (χ0v) is 17.5. The van der Waals surface area contributed by atoms with Crippen molar-refractivity contribution in [2.75, 3.05) is 20.8 Å². The van der Waals surface area contributed by atoms with Gasteiger partial charge in [-0.05, 0) is 18.1 Å². The number of nitrogens with zero attached hydrogens (tertiary/aromatic N) is 2. The van der Waals surface area contributed by atoms with Crippen molar-refractivity contribution in [3.63, 3.8) is 0 Å². The predicted octanol–water partition coefficient (Wildman–Crippen LogP) is 2.64. The van der Waals surface area contributed by atoms with E-state index in [0.717, 1.165) is 17.3 Å². The van der Waals surface area contributed by atoms with Gasteiger partial charge in [0.25, 0.3) is 5.56 Å². The lowest BCUT2D eigenvalue weighted by Gasteiger charge is -2.07. The minimum Gasteiger partial charge on any atom is -0.493 e. The molecule has 2 aromatic carbocycles. The van der Waals surface area contributed by atoms with Crippen LogP contribution < -0.4 is 20.3 Å². The Morgan fingerprint density at radius 2 is 1.87 bits per heavy atom. The second-order valence-corrected chi connectivity index (χ2v) is 7.18. The second kappa shape index (κ2) is 8.91. The molecule has 0 aliphatic carbocycles. The number of carbonyl (C=O) groups excluding carboxylic acids is 1. The zero-order valence-electron chi connectivity index (χ0n) is 17.5. The van der Waals surface area contributed by atoms with Crippen molar-refractivity contribution in [1.82, 2.24) is 19.9 Å². The number of nitrogens with one attached hydrogen (secondary N) is 2. The van der Waals surface area contributed by atoms with Crippen LogP contribution in [0.15, 0.2) is 53.6 Å². The topological polar surface area (TPSA) is 98.2 Å². The number of H-pyrrole nitrogens is 1. The molecular weight excluding hydrogens is 396 g/mol. The Morgan fingerprint density at radius 1 is 1.13 bits per heavy atom. The average Bonchev–Trinajstić information content (AvgIpc) is 3.16. The summed E-state index contributed by atoms with van der Waals surface area (Å²) >= 11 is 0. The van der Waals surface area contributed by atoms with Crippen LogP contribution in [0.1, 0.15) is 12.0 Å². The minimum atomic E-state index is -0.226. The van der Waals surface area contributed by atoms with Crippen molar-refractivity contribution in [1.29, 1.82) is 0 Å². The van der Waals surface area contributed by atoms with E-state index in [9.17, 15) is 9.59 Å². The van der Waals surface area contributed by atoms with Gasteiger partial charge in [0, 0.05) is 31.0 Å². The first-order valence-corrected chi connectivity index (χ1v) is 10.0. The van der Waals surface area contributed by atoms with E-state index in [-0.39, 0.29) is 24.4 Å². The van der Waals surface area contributed by atoms with Crippen LogP contribution in [0.5, 0.6) is 11.5 Å². The first kappa shape index (κ1) is 20.5. The van der Waals surface area contributed by atoms with Crippen molar-refractivity contribution >= 4 is 27.8 Å². The molecule has 0 aliphatic heterocycles. The molecule has 0 fully saturated rings. The fraction of sp³-hybridized carbons (Fsp3) is 0.261. The summed E-state index contributed by atoms with van der Waals surface area (Å²) in [6, 6.07) is 13.5. The molecular formula is C23H24N4O4. The number of aromatic nitrogens is 3. The van der Waals surface area contributed by atoms with E-state index < -0.39 is 0 Å². The van der Waals surface area contributed by atoms with E-state index in [1.807, 2.05) is 30.3 Å². The minimum absolute atomic E-state index is 0.103. The van der Waals surface area contributed by atoms with Gasteiger partial charge in [-0.15, -0.1) is 0 Å². The predicted molar refractivity (Wildman–Crippen MR) is 119 cm³/mol. The van der Waals surface area contributed by atoms with Gasteiger partial charge in [0.15, 0.2) is 11.5 Å². The largest absolute Gasteiger partial charge is 0.493 e. The molecule has 0 spiro atoms. The Kier molecular flexibility index (Phi) is 5.88. The van der Waals surface area contributed by atoms with Gasteiger partial charge in [-0.1, -0.05) is 30.3 Å². The standard InChI is InChI=1S/C23H24N4O4/c1-30-18-12-16-17(13-19(18)31-2)26-22-21(16)25-14-27(23(22)29)11-9-20(28)24-10-8-15-6-4-3-5-7-15/h3-7,12-14,26H,8-11H2,1-2H3,(H,24,28). The second-order valence-electron chi connectivity index (χ2n) is 7.18. The van der Waals surface area contributed by atoms with Crippen molar-refractivity contribution in [3.8, 4) is 11.5 Å². The van der Waals surface area contributed by atoms with E-state index in [1.165, 1.54) is 16.5 Å². The van der Waals surface area contributed by atoms with Crippen LogP contribution in [-0.4, -0.2) is 41.2 Å². The molecule has 0 aliphatic rings. The highest BCUT2D eigenvalue weighted by Crippen LogP contribution is 2.34. The number of methoxy groups -OCH3 is 2. The van der Waals surface area contributed by atoms with Crippen molar-refractivity contribution in [2.45, 2.75) is 19.4 Å². The van der Waals surface area contributed by atoms with Gasteiger partial charge in [-0.3, -0.25) is 14.2 Å². The molecule has 2 heterocycles. The summed E-state index contributed by atoms with van der Waals surface area (Å²) in [6.07, 6.45) is 2.44. The highest BCUT2D eigenvalue weighted by Gasteiger charge is 2.15. The number of aromatic amines is 1. The van der Waals surface area contributed by atoms with E-state index in [1.54, 1.807) is 26.4 Å². The maximum atomic E-state index is 12.9. The summed E-state index contributed by atoms with van der Waals surface area (Å²) in [5.41, 5.74) is 2.62. The van der Waals surface area contributed by atoms with E-state index in [0.29, 0.717) is 29.1 Å². The Balaban J connectivity index is 1.47. The average molecular weight is 420 g/mol. The maximum Gasteiger partial charge on any atom is 0.277 e. The molecule has 4 aromatic rings. The molecule has 8 heteroatoms. The summed E-state index contributed by atoms with van der Waals surface area (Å²) in [4.78, 5) is 32.7. The number of fused-ring (bicyclic) bond motifs is 3. The molecule has 0 atom stereocenters. The lowest BCUT2D eigenvalue weighted by molar-refractivity contribution is -0.121. The fourth-order valence-corrected chi connectivity index (χ4v) is 3.58. The summed E-state index contributed by atoms with van der Waals surface area (Å²) < 4.78 is 12.1. The van der Waals surface area contributed by atoms with Gasteiger partial charge in [0.05, 0.1) is 26.1 Å². The number of ether oxygens (including phenoxy) is 2. The van der Waals surface area contributed by atoms with Crippen LogP contribution in [0.3, 0.4) is 0 Å². The molecule has 4 rings (SSSR count). The molecule has 1 amide bonds. The molecule has 0 saturated heterocycles. The SMILES string of the molecule is COc1cc2[nH]c3c(=O)n(CCC(=O)NCCc4ccccc4)cnc3c2cc1OC. The van der Waals surface area contributed by atoms with E-state index in [2.05, 4.69) is 15.3 Å². The van der Waals surface area contributed by atoms with Crippen molar-refractivity contribution < 1.29 is 14.3 Å². The number of rotatable bonds is 8. The first-order valence-electron chi connectivity index (χ1n) is 10.0. The third kappa shape index (κ3) is 4.23. The maximum absolute atomic E-state index is 12.9. The Bertz CT molecular complexity index is 1280. The van der Waals surface area contributed by atoms with Crippen molar-refractivity contribution in [3.05, 3.63) is 64.7 Å². The molecule has 0 radical (unpaired) electrons. The summed E-state index contributed by atoms with van der Waals surface area (Å²) in [6.45, 7) is 0.807. The number of aryl methyl sites for hydroxylation is 1. The molecule has 31 heavy (non-hydrogen) atoms. The molecule has 0 bridgehead atoms. The third-order valence-corrected chi connectivity index (χ3v) is 5.23. The number of hydrogen-bond acceptors (Lipinski definition) is 5. The summed E-state index contributed by atoms with van der Waals surface area (Å²) in [5.74, 6) is 1.03. The van der Waals surface area contributed by atoms with Crippen LogP contribution in [-0.2, 0) is 17.8 Å². The number of hydrogen-bond donors (Lipinski definition) is 2. The molecule has 0 saturated carbocycles. The van der Waals surface area contributed by atoms with Crippen LogP contribution >= 0.6 is 0 Å². The highest BCUT2D eigenvalue weighted by atomic mass is 16.5. The lowest BCUT2D eigenvalue weighted by Crippen LogP contribution is -2.29. The monoisotopic (exact) mass is 420 g/mol. The molecule has 0 unspecified atom stereocenters. The number of benzene rings is 2. The Hall–Kier alpha value is -3.81. The van der Waals surface area contributed by atoms with Gasteiger partial charge in [-0.2, -0.15) is 0 Å². The molecule has 2 aromatic heterocycles. The van der Waals surface area contributed by atoms with Crippen molar-refractivity contribution in [2.24, 2.45) is 0 Å². The smallest absolute Gasteiger partial charge is 0.277 e. The highest BCUT2D eigenvalue weighted by molar-refractivity contribution is 6.05. The van der Waals surface area contributed by atoms with Crippen LogP contribution in [0.2, 0.25) is 0 Å². The van der Waals surface area contributed by atoms with Crippen LogP contribution in [0.4, 0.5) is 0 Å². The number of carbonyl (C=O) groups is 1. The quantitative estimate of drug-likeness (QED) is 0.457. The van der Waals surface area contributed by atoms with Crippen LogP contribution in [0, 0.1) is 0 Å². The van der Waals surface area contributed by atoms with E-state index in [4.69, 9.17) is 9.47 Å². The zero-order chi connectivity index (χ0) is 21.8. The first-order chi connectivity index (χ1) is 15.1. The van der Waals surface area contributed by atoms with E-state index >= 15 is 0 Å². The number of amides is 1. The Morgan fingerprint density at radius 3 is 2.61 bits per heavy atom.